The minimum Gasteiger partial charge on any atom is -0.867 e. The first kappa shape index (κ1) is 19.3. The van der Waals surface area contributed by atoms with Crippen molar-refractivity contribution in [1.82, 2.24) is 0 Å². The Bertz CT molecular complexity index is 574. The number of alkyl halides is 5. The molecule has 6 nitrogen and oxygen atoms in total. The molecule has 0 unspecified atom stereocenters. The fourth-order valence-electron chi connectivity index (χ4n) is 1.00. The topological polar surface area (TPSA) is 101 Å². The maximum absolute atomic E-state index is 12.9. The van der Waals surface area contributed by atoms with Crippen molar-refractivity contribution in [1.29, 1.82) is 0 Å². The summed E-state index contributed by atoms with van der Waals surface area (Å²) in [7, 11) is -5.13. The number of allylic oxidation sites excluding steroid dienone is 1. The first-order valence-corrected chi connectivity index (χ1v) is 6.84. The van der Waals surface area contributed by atoms with Crippen LogP contribution >= 0.6 is 0 Å². The number of rotatable bonds is 5. The summed E-state index contributed by atoms with van der Waals surface area (Å²) >= 11 is 0. The van der Waals surface area contributed by atoms with E-state index >= 15 is 0 Å². The second-order valence-electron chi connectivity index (χ2n) is 3.55. The Labute approximate surface area is 115 Å². The lowest BCUT2D eigenvalue weighted by Crippen LogP contribution is -2.47. The molecule has 0 saturated heterocycles. The zero-order chi connectivity index (χ0) is 17.2. The van der Waals surface area contributed by atoms with Gasteiger partial charge in [0.15, 0.2) is 9.84 Å². The minimum absolute atomic E-state index is 0.0316. The molecule has 0 fully saturated rings. The molecule has 0 rings (SSSR count). The molecule has 12 heteroatoms. The molecule has 0 spiro atoms. The van der Waals surface area contributed by atoms with Gasteiger partial charge in [-0.05, 0) is 6.92 Å². The number of hydrogen-bond acceptors (Lipinski definition) is 6. The van der Waals surface area contributed by atoms with Crippen molar-refractivity contribution < 1.29 is 49.8 Å². The van der Waals surface area contributed by atoms with Crippen LogP contribution in [-0.2, 0) is 24.2 Å². The molecular weight excluding hydrogens is 331 g/mol. The van der Waals surface area contributed by atoms with Gasteiger partial charge in [0.1, 0.15) is 4.91 Å². The van der Waals surface area contributed by atoms with Gasteiger partial charge in [-0.2, -0.15) is 22.0 Å². The molecule has 0 aromatic heterocycles. The van der Waals surface area contributed by atoms with Crippen molar-refractivity contribution in [3.8, 4) is 0 Å². The maximum atomic E-state index is 12.9. The number of esters is 1. The van der Waals surface area contributed by atoms with Gasteiger partial charge in [0, 0.05) is 12.0 Å². The van der Waals surface area contributed by atoms with Gasteiger partial charge in [-0.1, -0.05) is 0 Å². The van der Waals surface area contributed by atoms with Crippen LogP contribution < -0.4 is 5.11 Å². The van der Waals surface area contributed by atoms with Crippen molar-refractivity contribution in [2.45, 2.75) is 19.0 Å². The molecule has 21 heavy (non-hydrogen) atoms. The number of ether oxygens (including phenoxy) is 1. The number of carbonyl (C=O) groups excluding carboxylic acids is 2. The van der Waals surface area contributed by atoms with Crippen molar-refractivity contribution in [2.24, 2.45) is 0 Å². The molecule has 0 saturated carbocycles. The Hall–Kier alpha value is -1.72. The third kappa shape index (κ3) is 4.12. The lowest BCUT2D eigenvalue weighted by molar-refractivity contribution is -0.304. The van der Waals surface area contributed by atoms with Gasteiger partial charge in [0.25, 0.3) is 5.78 Å². The van der Waals surface area contributed by atoms with Gasteiger partial charge in [-0.15, -0.1) is 0 Å². The molecule has 0 N–H and O–H groups in total. The van der Waals surface area contributed by atoms with Crippen LogP contribution in [0.3, 0.4) is 0 Å². The Balaban J connectivity index is 6.21. The molecule has 0 atom stereocenters. The molecule has 0 aliphatic carbocycles. The lowest BCUT2D eigenvalue weighted by Gasteiger charge is -2.22. The predicted molar refractivity (Wildman–Crippen MR) is 54.5 cm³/mol. The van der Waals surface area contributed by atoms with E-state index in [0.717, 1.165) is 6.92 Å². The number of halogens is 5. The van der Waals surface area contributed by atoms with E-state index in [2.05, 4.69) is 4.74 Å². The third-order valence-corrected chi connectivity index (χ3v) is 3.00. The molecule has 0 aromatic carbocycles. The average molecular weight is 339 g/mol. The van der Waals surface area contributed by atoms with Gasteiger partial charge in [0.2, 0.25) is 0 Å². The van der Waals surface area contributed by atoms with Gasteiger partial charge in [-0.3, -0.25) is 4.79 Å². The highest BCUT2D eigenvalue weighted by Gasteiger charge is 2.64. The van der Waals surface area contributed by atoms with E-state index in [1.807, 2.05) is 0 Å². The number of ketones is 1. The molecule has 0 radical (unpaired) electrons. The quantitative estimate of drug-likeness (QED) is 0.301. The Morgan fingerprint density at radius 3 is 1.86 bits per heavy atom. The zero-order valence-electron chi connectivity index (χ0n) is 10.5. The van der Waals surface area contributed by atoms with Crippen LogP contribution in [-0.4, -0.2) is 45.1 Å². The van der Waals surface area contributed by atoms with E-state index in [0.29, 0.717) is 0 Å². The molecule has 0 heterocycles. The highest BCUT2D eigenvalue weighted by atomic mass is 32.2. The van der Waals surface area contributed by atoms with E-state index in [1.54, 1.807) is 0 Å². The molecule has 0 amide bonds. The zero-order valence-corrected chi connectivity index (χ0v) is 11.3. The van der Waals surface area contributed by atoms with E-state index in [-0.39, 0.29) is 6.26 Å². The van der Waals surface area contributed by atoms with Gasteiger partial charge in [0.05, 0.1) is 6.61 Å². The standard InChI is InChI=1S/C9H9F5O6S/c1-3-20-7(17)4(15)5(21(2,18)19)6(16)8(10,11)9(12,13)14/h15H,3H2,1-2H3/p-1. The summed E-state index contributed by atoms with van der Waals surface area (Å²) in [4.78, 5) is 19.6. The predicted octanol–water partition coefficient (Wildman–Crippen LogP) is -0.0673. The molecule has 0 aliphatic heterocycles. The third-order valence-electron chi connectivity index (χ3n) is 1.89. The van der Waals surface area contributed by atoms with Crippen molar-refractivity contribution in [3.63, 3.8) is 0 Å². The summed E-state index contributed by atoms with van der Waals surface area (Å²) in [6.07, 6.45) is -6.40. The first-order valence-electron chi connectivity index (χ1n) is 4.95. The van der Waals surface area contributed by atoms with E-state index in [9.17, 15) is 45.1 Å². The summed E-state index contributed by atoms with van der Waals surface area (Å²) in [5, 5.41) is 11.3. The highest BCUT2D eigenvalue weighted by Crippen LogP contribution is 2.38. The lowest BCUT2D eigenvalue weighted by atomic mass is 10.2. The molecular formula is C9H8F5O6S-. The number of Topliss-reactive ketones (excluding diaryl/α,β-unsaturated/α-hetero) is 1. The summed E-state index contributed by atoms with van der Waals surface area (Å²) in [5.74, 6) is -13.9. The smallest absolute Gasteiger partial charge is 0.461 e. The van der Waals surface area contributed by atoms with Gasteiger partial charge >= 0.3 is 18.1 Å². The summed E-state index contributed by atoms with van der Waals surface area (Å²) in [6.45, 7) is 0.656. The van der Waals surface area contributed by atoms with Crippen molar-refractivity contribution in [2.75, 3.05) is 12.9 Å². The summed E-state index contributed by atoms with van der Waals surface area (Å²) in [5.41, 5.74) is 0. The molecule has 122 valence electrons. The fraction of sp³-hybridized carbons (Fsp3) is 0.556. The average Bonchev–Trinajstić information content (AvgIpc) is 2.25. The van der Waals surface area contributed by atoms with Gasteiger partial charge in [-0.25, -0.2) is 13.2 Å². The monoisotopic (exact) mass is 339 g/mol. The maximum Gasteiger partial charge on any atom is 0.461 e. The van der Waals surface area contributed by atoms with Crippen LogP contribution in [0.4, 0.5) is 22.0 Å². The SMILES string of the molecule is CCOC(=O)C([O-])=C(C(=O)C(F)(F)C(F)(F)F)S(C)(=O)=O. The van der Waals surface area contributed by atoms with Gasteiger partial charge < -0.3 is 9.84 Å². The van der Waals surface area contributed by atoms with Crippen LogP contribution in [0.1, 0.15) is 6.92 Å². The second-order valence-corrected chi connectivity index (χ2v) is 5.50. The second kappa shape index (κ2) is 5.95. The van der Waals surface area contributed by atoms with Crippen LogP contribution in [0.25, 0.3) is 0 Å². The van der Waals surface area contributed by atoms with E-state index in [4.69, 9.17) is 0 Å². The summed E-state index contributed by atoms with van der Waals surface area (Å²) in [6, 6.07) is 0. The molecule has 0 aromatic rings. The van der Waals surface area contributed by atoms with Crippen LogP contribution in [0.15, 0.2) is 10.7 Å². The van der Waals surface area contributed by atoms with Crippen molar-refractivity contribution in [3.05, 3.63) is 10.7 Å². The normalized spacial score (nSPS) is 14.4. The Morgan fingerprint density at radius 1 is 1.14 bits per heavy atom. The fourth-order valence-corrected chi connectivity index (χ4v) is 1.89. The van der Waals surface area contributed by atoms with Crippen LogP contribution in [0.5, 0.6) is 0 Å². The highest BCUT2D eigenvalue weighted by molar-refractivity contribution is 7.95. The minimum atomic E-state index is -6.44. The van der Waals surface area contributed by atoms with Crippen LogP contribution in [0, 0.1) is 0 Å². The van der Waals surface area contributed by atoms with Crippen LogP contribution in [0.2, 0.25) is 0 Å². The number of carbonyl (C=O) groups is 2. The van der Waals surface area contributed by atoms with E-state index < -0.39 is 51.0 Å². The summed E-state index contributed by atoms with van der Waals surface area (Å²) < 4.78 is 88.0. The number of hydrogen-bond donors (Lipinski definition) is 0. The number of sulfone groups is 1. The first-order chi connectivity index (χ1) is 9.17. The molecule has 0 aliphatic rings. The van der Waals surface area contributed by atoms with E-state index in [1.165, 1.54) is 0 Å². The Kier molecular flexibility index (Phi) is 5.47. The Morgan fingerprint density at radius 2 is 1.57 bits per heavy atom. The van der Waals surface area contributed by atoms with Crippen molar-refractivity contribution >= 4 is 21.6 Å². The largest absolute Gasteiger partial charge is 0.867 e. The molecule has 0 bridgehead atoms.